The molecule has 0 atom stereocenters. The summed E-state index contributed by atoms with van der Waals surface area (Å²) in [5.74, 6) is 0.356. The topological polar surface area (TPSA) is 61.9 Å². The lowest BCUT2D eigenvalue weighted by Crippen LogP contribution is -2.48. The highest BCUT2D eigenvalue weighted by atomic mass is 35.5. The third-order valence-electron chi connectivity index (χ3n) is 5.69. The Hall–Kier alpha value is -3.77. The number of carbonyl (C=O) groups is 2. The van der Waals surface area contributed by atoms with Gasteiger partial charge in [0.2, 0.25) is 5.91 Å². The number of amides is 2. The first-order chi connectivity index (χ1) is 16.5. The summed E-state index contributed by atoms with van der Waals surface area (Å²) in [6, 6.07) is 22.2. The summed E-state index contributed by atoms with van der Waals surface area (Å²) in [6.07, 6.45) is 3.45. The first-order valence-electron chi connectivity index (χ1n) is 11.1. The maximum atomic E-state index is 12.9. The van der Waals surface area contributed by atoms with E-state index < -0.39 is 0 Å². The van der Waals surface area contributed by atoms with Crippen molar-refractivity contribution in [1.29, 1.82) is 0 Å². The van der Waals surface area contributed by atoms with Crippen LogP contribution in [-0.2, 0) is 4.79 Å². The number of nitrogens with zero attached hydrogens (tertiary/aromatic N) is 2. The number of piperazine rings is 1. The normalized spacial score (nSPS) is 13.7. The Labute approximate surface area is 204 Å². The lowest BCUT2D eigenvalue weighted by molar-refractivity contribution is -0.126. The van der Waals surface area contributed by atoms with Crippen LogP contribution in [0.3, 0.4) is 0 Å². The van der Waals surface area contributed by atoms with E-state index in [9.17, 15) is 9.59 Å². The second-order valence-corrected chi connectivity index (χ2v) is 8.34. The first kappa shape index (κ1) is 23.4. The number of carbonyl (C=O) groups excluding carboxylic acids is 2. The Morgan fingerprint density at radius 1 is 0.941 bits per heavy atom. The maximum absolute atomic E-state index is 12.9. The molecular formula is C27H26ClN3O3. The molecule has 1 aliphatic rings. The Kier molecular flexibility index (Phi) is 7.50. The fraction of sp³-hybridized carbons (Fsp3) is 0.185. The lowest BCUT2D eigenvalue weighted by atomic mass is 10.1. The van der Waals surface area contributed by atoms with Crippen molar-refractivity contribution in [3.05, 3.63) is 95.0 Å². The molecule has 4 rings (SSSR count). The minimum atomic E-state index is -0.248. The van der Waals surface area contributed by atoms with Crippen molar-refractivity contribution in [2.24, 2.45) is 0 Å². The van der Waals surface area contributed by atoms with E-state index in [2.05, 4.69) is 10.2 Å². The average Bonchev–Trinajstić information content (AvgIpc) is 2.88. The van der Waals surface area contributed by atoms with Gasteiger partial charge in [0.1, 0.15) is 5.75 Å². The fourth-order valence-electron chi connectivity index (χ4n) is 3.85. The van der Waals surface area contributed by atoms with E-state index in [0.717, 1.165) is 11.3 Å². The van der Waals surface area contributed by atoms with Crippen LogP contribution < -0.4 is 15.0 Å². The van der Waals surface area contributed by atoms with Crippen molar-refractivity contribution < 1.29 is 14.3 Å². The van der Waals surface area contributed by atoms with E-state index in [-0.39, 0.29) is 11.8 Å². The molecule has 3 aromatic rings. The van der Waals surface area contributed by atoms with Crippen LogP contribution in [0.5, 0.6) is 5.75 Å². The standard InChI is InChI=1S/C27H26ClN3O3/c1-34-23-9-5-8-21(18-23)27(33)29-24-19-22(28)11-12-25(24)30-14-16-31(17-15-30)26(32)13-10-20-6-3-2-4-7-20/h2-13,18-19H,14-17H2,1H3,(H,29,33)/b13-10+. The van der Waals surface area contributed by atoms with E-state index in [1.165, 1.54) is 0 Å². The monoisotopic (exact) mass is 475 g/mol. The molecule has 0 aromatic heterocycles. The van der Waals surface area contributed by atoms with Crippen LogP contribution in [0.2, 0.25) is 5.02 Å². The van der Waals surface area contributed by atoms with Crippen molar-refractivity contribution in [2.75, 3.05) is 43.5 Å². The van der Waals surface area contributed by atoms with Crippen LogP contribution in [0, 0.1) is 0 Å². The molecule has 0 radical (unpaired) electrons. The van der Waals surface area contributed by atoms with E-state index in [4.69, 9.17) is 16.3 Å². The molecule has 2 amide bonds. The van der Waals surface area contributed by atoms with Crippen LogP contribution in [0.1, 0.15) is 15.9 Å². The predicted molar refractivity (Wildman–Crippen MR) is 137 cm³/mol. The molecule has 0 bridgehead atoms. The Balaban J connectivity index is 1.42. The molecule has 6 nitrogen and oxygen atoms in total. The van der Waals surface area contributed by atoms with Crippen molar-refractivity contribution in [3.8, 4) is 5.75 Å². The number of hydrogen-bond acceptors (Lipinski definition) is 4. The molecule has 174 valence electrons. The average molecular weight is 476 g/mol. The van der Waals surface area contributed by atoms with Crippen molar-refractivity contribution in [2.45, 2.75) is 0 Å². The van der Waals surface area contributed by atoms with Gasteiger partial charge in [-0.2, -0.15) is 0 Å². The minimum absolute atomic E-state index is 0.00818. The first-order valence-corrected chi connectivity index (χ1v) is 11.4. The van der Waals surface area contributed by atoms with Crippen molar-refractivity contribution in [1.82, 2.24) is 4.90 Å². The number of halogens is 1. The number of ether oxygens (including phenoxy) is 1. The Morgan fingerprint density at radius 2 is 1.71 bits per heavy atom. The highest BCUT2D eigenvalue weighted by Gasteiger charge is 2.22. The number of rotatable bonds is 6. The Morgan fingerprint density at radius 3 is 2.44 bits per heavy atom. The largest absolute Gasteiger partial charge is 0.497 e. The number of methoxy groups -OCH3 is 1. The van der Waals surface area contributed by atoms with E-state index >= 15 is 0 Å². The fourth-order valence-corrected chi connectivity index (χ4v) is 4.02. The van der Waals surface area contributed by atoms with Gasteiger partial charge in [0.05, 0.1) is 18.5 Å². The number of benzene rings is 3. The zero-order chi connectivity index (χ0) is 23.9. The summed E-state index contributed by atoms with van der Waals surface area (Å²) < 4.78 is 5.22. The van der Waals surface area contributed by atoms with E-state index in [1.807, 2.05) is 47.4 Å². The summed E-state index contributed by atoms with van der Waals surface area (Å²) in [7, 11) is 1.56. The molecule has 0 spiro atoms. The molecular weight excluding hydrogens is 450 g/mol. The summed E-state index contributed by atoms with van der Waals surface area (Å²) >= 11 is 6.23. The van der Waals surface area contributed by atoms with E-state index in [1.54, 1.807) is 49.6 Å². The Bertz CT molecular complexity index is 1190. The molecule has 0 saturated carbocycles. The summed E-state index contributed by atoms with van der Waals surface area (Å²) in [5, 5.41) is 3.51. The molecule has 1 saturated heterocycles. The molecule has 34 heavy (non-hydrogen) atoms. The second-order valence-electron chi connectivity index (χ2n) is 7.90. The zero-order valence-corrected chi connectivity index (χ0v) is 19.7. The third-order valence-corrected chi connectivity index (χ3v) is 5.92. The zero-order valence-electron chi connectivity index (χ0n) is 18.9. The highest BCUT2D eigenvalue weighted by molar-refractivity contribution is 6.31. The molecule has 7 heteroatoms. The summed E-state index contributed by atoms with van der Waals surface area (Å²) in [5.41, 5.74) is 2.98. The van der Waals surface area contributed by atoms with Gasteiger partial charge in [-0.05, 0) is 48.0 Å². The quantitative estimate of drug-likeness (QED) is 0.512. The van der Waals surface area contributed by atoms with E-state index in [0.29, 0.717) is 48.2 Å². The SMILES string of the molecule is COc1cccc(C(=O)Nc2cc(Cl)ccc2N2CCN(C(=O)/C=C/c3ccccc3)CC2)c1. The van der Waals surface area contributed by atoms with Gasteiger partial charge in [0, 0.05) is 42.8 Å². The van der Waals surface area contributed by atoms with Crippen LogP contribution in [0.25, 0.3) is 6.08 Å². The van der Waals surface area contributed by atoms with Crippen molar-refractivity contribution >= 4 is 40.9 Å². The van der Waals surface area contributed by atoms with Gasteiger partial charge in [-0.1, -0.05) is 48.0 Å². The van der Waals surface area contributed by atoms with Gasteiger partial charge in [-0.15, -0.1) is 0 Å². The van der Waals surface area contributed by atoms with Crippen LogP contribution >= 0.6 is 11.6 Å². The number of hydrogen-bond donors (Lipinski definition) is 1. The van der Waals surface area contributed by atoms with Gasteiger partial charge in [0.15, 0.2) is 0 Å². The van der Waals surface area contributed by atoms with Gasteiger partial charge >= 0.3 is 0 Å². The molecule has 1 heterocycles. The number of nitrogens with one attached hydrogen (secondary N) is 1. The molecule has 0 unspecified atom stereocenters. The van der Waals surface area contributed by atoms with Crippen molar-refractivity contribution in [3.63, 3.8) is 0 Å². The molecule has 1 fully saturated rings. The molecule has 1 N–H and O–H groups in total. The summed E-state index contributed by atoms with van der Waals surface area (Å²) in [6.45, 7) is 2.47. The molecule has 0 aliphatic carbocycles. The highest BCUT2D eigenvalue weighted by Crippen LogP contribution is 2.31. The molecule has 1 aliphatic heterocycles. The second kappa shape index (κ2) is 10.9. The van der Waals surface area contributed by atoms with Crippen LogP contribution in [0.15, 0.2) is 78.9 Å². The van der Waals surface area contributed by atoms with Gasteiger partial charge in [-0.25, -0.2) is 0 Å². The summed E-state index contributed by atoms with van der Waals surface area (Å²) in [4.78, 5) is 29.5. The maximum Gasteiger partial charge on any atom is 0.255 e. The van der Waals surface area contributed by atoms with Gasteiger partial charge in [-0.3, -0.25) is 9.59 Å². The van der Waals surface area contributed by atoms with Crippen LogP contribution in [-0.4, -0.2) is 50.0 Å². The van der Waals surface area contributed by atoms with Gasteiger partial charge < -0.3 is 19.9 Å². The van der Waals surface area contributed by atoms with Crippen LogP contribution in [0.4, 0.5) is 11.4 Å². The smallest absolute Gasteiger partial charge is 0.255 e. The molecule has 3 aromatic carbocycles. The lowest BCUT2D eigenvalue weighted by Gasteiger charge is -2.36. The predicted octanol–water partition coefficient (Wildman–Crippen LogP) is 4.96. The van der Waals surface area contributed by atoms with Gasteiger partial charge in [0.25, 0.3) is 5.91 Å². The minimum Gasteiger partial charge on any atom is -0.497 e. The number of anilines is 2. The third kappa shape index (κ3) is 5.77.